The van der Waals surface area contributed by atoms with Crippen molar-refractivity contribution in [1.29, 1.82) is 0 Å². The minimum atomic E-state index is -1.21. The summed E-state index contributed by atoms with van der Waals surface area (Å²) in [5.41, 5.74) is 0. The first-order valence-corrected chi connectivity index (χ1v) is 9.36. The third-order valence-electron chi connectivity index (χ3n) is 4.37. The predicted octanol–water partition coefficient (Wildman–Crippen LogP) is 4.94. The van der Waals surface area contributed by atoms with Crippen molar-refractivity contribution >= 4 is 37.7 Å². The van der Waals surface area contributed by atoms with Crippen molar-refractivity contribution in [3.05, 3.63) is 0 Å². The fourth-order valence-corrected chi connectivity index (χ4v) is 2.85. The van der Waals surface area contributed by atoms with Gasteiger partial charge in [-0.1, -0.05) is 96.8 Å². The van der Waals surface area contributed by atoms with Crippen molar-refractivity contribution in [2.75, 3.05) is 0 Å². The van der Waals surface area contributed by atoms with E-state index in [1.807, 2.05) is 0 Å². The van der Waals surface area contributed by atoms with Crippen LogP contribution in [0.3, 0.4) is 0 Å². The molecule has 1 fully saturated rings. The van der Waals surface area contributed by atoms with Crippen molar-refractivity contribution in [1.82, 2.24) is 0 Å². The predicted molar refractivity (Wildman–Crippen MR) is 95.2 cm³/mol. The summed E-state index contributed by atoms with van der Waals surface area (Å²) in [6.07, 6.45) is 21.0. The van der Waals surface area contributed by atoms with Crippen molar-refractivity contribution in [3.63, 3.8) is 0 Å². The molecule has 0 radical (unpaired) electrons. The summed E-state index contributed by atoms with van der Waals surface area (Å²) in [5, 5.41) is 9.29. The second-order valence-corrected chi connectivity index (χ2v) is 6.58. The Morgan fingerprint density at radius 1 is 0.609 bits per heavy atom. The second-order valence-electron chi connectivity index (χ2n) is 6.58. The third-order valence-corrected chi connectivity index (χ3v) is 4.37. The smallest absolute Gasteiger partial charge is 0 e. The summed E-state index contributed by atoms with van der Waals surface area (Å²) in [5.74, 6) is -1.21. The molecule has 5 heteroatoms. The van der Waals surface area contributed by atoms with E-state index in [2.05, 4.69) is 16.7 Å². The van der Waals surface area contributed by atoms with Gasteiger partial charge >= 0.3 is 43.7 Å². The number of hydrogen-bond donors (Lipinski definition) is 1. The maximum atomic E-state index is 9.29. The van der Waals surface area contributed by atoms with Gasteiger partial charge in [-0.25, -0.2) is 0 Å². The van der Waals surface area contributed by atoms with Crippen LogP contribution in [0.15, 0.2) is 0 Å². The Kier molecular flexibility index (Phi) is 21.9. The SMILES string of the molecule is CCCCCCCCCCCCCCCCCC1(O)OO1.[CaH2].[Ti]. The molecule has 3 nitrogen and oxygen atoms in total. The summed E-state index contributed by atoms with van der Waals surface area (Å²) in [7, 11) is 0. The molecule has 1 rings (SSSR count). The first-order chi connectivity index (χ1) is 10.3. The monoisotopic (exact) mass is 390 g/mol. The van der Waals surface area contributed by atoms with Crippen LogP contribution in [0.4, 0.5) is 0 Å². The molecule has 1 aliphatic rings. The molecular formula is C18H38CaO3Ti. The summed E-state index contributed by atoms with van der Waals surface area (Å²) in [4.78, 5) is 8.94. The van der Waals surface area contributed by atoms with E-state index in [0.717, 1.165) is 6.42 Å². The standard InChI is InChI=1S/C18H36O3.Ca.Ti.2H/c1-2-3-4-5-6-7-8-9-10-11-12-13-14-15-16-17-18(19)20-21-18;;;;/h19H,2-17H2,1H3;;;;. The largest absolute Gasteiger partial charge is 0 e. The Morgan fingerprint density at radius 3 is 1.22 bits per heavy atom. The van der Waals surface area contributed by atoms with Gasteiger partial charge in [-0.2, -0.15) is 9.78 Å². The number of aliphatic hydroxyl groups is 1. The van der Waals surface area contributed by atoms with Gasteiger partial charge in [0.25, 0.3) is 0 Å². The van der Waals surface area contributed by atoms with Crippen LogP contribution in [0, 0.1) is 0 Å². The van der Waals surface area contributed by atoms with Gasteiger partial charge in [-0.05, 0) is 6.42 Å². The van der Waals surface area contributed by atoms with Gasteiger partial charge in [0.15, 0.2) is 0 Å². The summed E-state index contributed by atoms with van der Waals surface area (Å²) >= 11 is 0. The first-order valence-electron chi connectivity index (χ1n) is 9.36. The van der Waals surface area contributed by atoms with Gasteiger partial charge in [0, 0.05) is 28.1 Å². The van der Waals surface area contributed by atoms with Crippen LogP contribution in [0.1, 0.15) is 110 Å². The molecule has 0 aromatic heterocycles. The molecule has 0 unspecified atom stereocenters. The minimum absolute atomic E-state index is 0. The van der Waals surface area contributed by atoms with Crippen LogP contribution in [-0.2, 0) is 31.5 Å². The maximum absolute atomic E-state index is 9.29. The molecule has 0 amide bonds. The molecular weight excluding hydrogens is 352 g/mol. The zero-order valence-corrected chi connectivity index (χ0v) is 16.1. The fraction of sp³-hybridized carbons (Fsp3) is 1.00. The molecule has 0 saturated carbocycles. The Morgan fingerprint density at radius 2 is 0.913 bits per heavy atom. The van der Waals surface area contributed by atoms with Gasteiger partial charge < -0.3 is 5.11 Å². The molecule has 0 bridgehead atoms. The van der Waals surface area contributed by atoms with E-state index in [1.54, 1.807) is 0 Å². The van der Waals surface area contributed by atoms with Crippen molar-refractivity contribution < 1.29 is 36.6 Å². The number of hydrogen-bond acceptors (Lipinski definition) is 3. The molecule has 0 aliphatic carbocycles. The van der Waals surface area contributed by atoms with E-state index in [4.69, 9.17) is 0 Å². The third kappa shape index (κ3) is 18.4. The van der Waals surface area contributed by atoms with Crippen LogP contribution in [0.2, 0.25) is 0 Å². The van der Waals surface area contributed by atoms with Gasteiger partial charge in [0.2, 0.25) is 0 Å². The molecule has 0 aromatic carbocycles. The Labute approximate surface area is 188 Å². The maximum Gasteiger partial charge on any atom is 0 e. The van der Waals surface area contributed by atoms with Crippen LogP contribution >= 0.6 is 0 Å². The number of unbranched alkanes of at least 4 members (excludes halogenated alkanes) is 14. The van der Waals surface area contributed by atoms with E-state index in [-0.39, 0.29) is 59.5 Å². The minimum Gasteiger partial charge on any atom is 0 e. The summed E-state index contributed by atoms with van der Waals surface area (Å²) in [6.45, 7) is 2.28. The van der Waals surface area contributed by atoms with Crippen molar-refractivity contribution in [2.24, 2.45) is 0 Å². The van der Waals surface area contributed by atoms with Gasteiger partial charge in [-0.3, -0.25) is 0 Å². The average molecular weight is 390 g/mol. The quantitative estimate of drug-likeness (QED) is 0.176. The zero-order chi connectivity index (χ0) is 15.2. The van der Waals surface area contributed by atoms with Crippen molar-refractivity contribution in [2.45, 2.75) is 116 Å². The normalized spacial score (nSPS) is 14.9. The molecule has 0 aromatic rings. The Hall–Kier alpha value is 1.85. The molecule has 1 saturated heterocycles. The van der Waals surface area contributed by atoms with Crippen LogP contribution in [0.5, 0.6) is 0 Å². The molecule has 1 heterocycles. The zero-order valence-electron chi connectivity index (χ0n) is 14.6. The molecule has 0 spiro atoms. The van der Waals surface area contributed by atoms with Crippen molar-refractivity contribution in [3.8, 4) is 0 Å². The summed E-state index contributed by atoms with van der Waals surface area (Å²) in [6, 6.07) is 0. The van der Waals surface area contributed by atoms with E-state index < -0.39 is 5.97 Å². The first kappa shape index (κ1) is 27.1. The van der Waals surface area contributed by atoms with E-state index >= 15 is 0 Å². The molecule has 23 heavy (non-hydrogen) atoms. The van der Waals surface area contributed by atoms with Gasteiger partial charge in [0.1, 0.15) is 0 Å². The van der Waals surface area contributed by atoms with Crippen LogP contribution in [-0.4, -0.2) is 48.8 Å². The topological polar surface area (TPSA) is 45.3 Å². The molecule has 0 atom stereocenters. The van der Waals surface area contributed by atoms with Gasteiger partial charge in [-0.15, -0.1) is 0 Å². The Bertz CT molecular complexity index is 238. The molecule has 1 aliphatic heterocycles. The van der Waals surface area contributed by atoms with Crippen LogP contribution < -0.4 is 0 Å². The molecule has 134 valence electrons. The number of rotatable bonds is 16. The average Bonchev–Trinajstić information content (AvgIpc) is 3.21. The fourth-order valence-electron chi connectivity index (χ4n) is 2.85. The van der Waals surface area contributed by atoms with Crippen LogP contribution in [0.25, 0.3) is 0 Å². The van der Waals surface area contributed by atoms with E-state index in [1.165, 1.54) is 89.9 Å². The summed E-state index contributed by atoms with van der Waals surface area (Å²) < 4.78 is 0. The second kappa shape index (κ2) is 18.6. The van der Waals surface area contributed by atoms with Gasteiger partial charge in [0.05, 0.1) is 0 Å². The Balaban J connectivity index is 0. The molecule has 1 N–H and O–H groups in total. The van der Waals surface area contributed by atoms with E-state index in [9.17, 15) is 5.11 Å². The van der Waals surface area contributed by atoms with E-state index in [0.29, 0.717) is 6.42 Å².